The highest BCUT2D eigenvalue weighted by Crippen LogP contribution is 2.27. The third-order valence-corrected chi connectivity index (χ3v) is 7.83. The summed E-state index contributed by atoms with van der Waals surface area (Å²) < 4.78 is 31.4. The molecule has 1 amide bonds. The van der Waals surface area contributed by atoms with E-state index in [1.165, 1.54) is 16.8 Å². The number of hydrogen-bond acceptors (Lipinski definition) is 4. The van der Waals surface area contributed by atoms with Crippen LogP contribution >= 0.6 is 0 Å². The van der Waals surface area contributed by atoms with Gasteiger partial charge in [0.2, 0.25) is 5.91 Å². The van der Waals surface area contributed by atoms with Gasteiger partial charge in [0.1, 0.15) is 12.2 Å². The lowest BCUT2D eigenvalue weighted by molar-refractivity contribution is -0.114. The van der Waals surface area contributed by atoms with E-state index in [9.17, 15) is 18.0 Å². The van der Waals surface area contributed by atoms with Crippen LogP contribution in [0.2, 0.25) is 0 Å². The van der Waals surface area contributed by atoms with Gasteiger partial charge in [0, 0.05) is 7.05 Å². The Balaban J connectivity index is 1.72. The number of aryl methyl sites for hydroxylation is 2. The van der Waals surface area contributed by atoms with Crippen LogP contribution in [0.3, 0.4) is 0 Å². The first-order valence-corrected chi connectivity index (χ1v) is 12.8. The van der Waals surface area contributed by atoms with E-state index >= 15 is 0 Å². The van der Waals surface area contributed by atoms with E-state index < -0.39 is 28.0 Å². The summed E-state index contributed by atoms with van der Waals surface area (Å²) in [4.78, 5) is 26.5. The monoisotopic (exact) mass is 504 g/mol. The minimum absolute atomic E-state index is 0.0695. The van der Waals surface area contributed by atoms with Gasteiger partial charge in [-0.15, -0.1) is 0 Å². The first-order valence-electron chi connectivity index (χ1n) is 11.4. The molecule has 4 aromatic rings. The number of anilines is 2. The summed E-state index contributed by atoms with van der Waals surface area (Å²) in [5.41, 5.74) is 2.97. The summed E-state index contributed by atoms with van der Waals surface area (Å²) in [6.45, 7) is 4.93. The molecule has 0 atom stereocenters. The maximum atomic E-state index is 13.6. The van der Waals surface area contributed by atoms with Crippen molar-refractivity contribution in [3.8, 4) is 5.69 Å². The molecule has 4 rings (SSSR count). The number of hydrogen-bond donors (Lipinski definition) is 1. The number of carbonyl (C=O) groups excluding carboxylic acids is 1. The summed E-state index contributed by atoms with van der Waals surface area (Å²) in [6, 6.07) is 22.4. The topological polar surface area (TPSA) is 93.4 Å². The van der Waals surface area contributed by atoms with Gasteiger partial charge in [0.05, 0.1) is 22.0 Å². The zero-order valence-electron chi connectivity index (χ0n) is 20.6. The van der Waals surface area contributed by atoms with E-state index in [2.05, 4.69) is 5.32 Å². The van der Waals surface area contributed by atoms with Crippen LogP contribution < -0.4 is 15.2 Å². The fraction of sp³-hybridized carbons (Fsp3) is 0.185. The maximum absolute atomic E-state index is 13.6. The molecular formula is C27H28N4O4S. The van der Waals surface area contributed by atoms with Crippen molar-refractivity contribution >= 4 is 27.3 Å². The SMILES string of the molecule is Cc1ccc(N(CC(=O)Nc2c(C)n(C)n(-c3ccccc3)c2=O)S(=O)(=O)c2ccccc2)c(C)c1. The Morgan fingerprint density at radius 1 is 0.917 bits per heavy atom. The van der Waals surface area contributed by atoms with Crippen LogP contribution in [0.4, 0.5) is 11.4 Å². The van der Waals surface area contributed by atoms with Crippen LogP contribution in [0.15, 0.2) is 88.6 Å². The second-order valence-electron chi connectivity index (χ2n) is 8.60. The quantitative estimate of drug-likeness (QED) is 0.413. The molecule has 1 heterocycles. The van der Waals surface area contributed by atoms with Crippen LogP contribution in [0, 0.1) is 20.8 Å². The van der Waals surface area contributed by atoms with Gasteiger partial charge in [-0.25, -0.2) is 13.1 Å². The molecule has 0 unspecified atom stereocenters. The smallest absolute Gasteiger partial charge is 0.295 e. The molecular weight excluding hydrogens is 476 g/mol. The summed E-state index contributed by atoms with van der Waals surface area (Å²) in [5, 5.41) is 2.66. The molecule has 9 heteroatoms. The number of rotatable bonds is 7. The summed E-state index contributed by atoms with van der Waals surface area (Å²) in [6.07, 6.45) is 0. The lowest BCUT2D eigenvalue weighted by Gasteiger charge is -2.25. The Labute approximate surface area is 210 Å². The number of sulfonamides is 1. The van der Waals surface area contributed by atoms with Crippen LogP contribution in [0.1, 0.15) is 16.8 Å². The van der Waals surface area contributed by atoms with Gasteiger partial charge in [-0.3, -0.25) is 18.6 Å². The second-order valence-corrected chi connectivity index (χ2v) is 10.5. The number of nitrogens with zero attached hydrogens (tertiary/aromatic N) is 3. The van der Waals surface area contributed by atoms with Crippen LogP contribution in [0.25, 0.3) is 5.69 Å². The molecule has 36 heavy (non-hydrogen) atoms. The number of benzene rings is 3. The Hall–Kier alpha value is -4.11. The van der Waals surface area contributed by atoms with Gasteiger partial charge in [0.25, 0.3) is 15.6 Å². The maximum Gasteiger partial charge on any atom is 0.295 e. The Morgan fingerprint density at radius 2 is 1.53 bits per heavy atom. The van der Waals surface area contributed by atoms with Crippen molar-refractivity contribution in [3.05, 3.63) is 106 Å². The lowest BCUT2D eigenvalue weighted by Crippen LogP contribution is -2.39. The molecule has 3 aromatic carbocycles. The molecule has 0 aliphatic carbocycles. The fourth-order valence-corrected chi connectivity index (χ4v) is 5.63. The van der Waals surface area contributed by atoms with E-state index in [0.29, 0.717) is 22.6 Å². The Kier molecular flexibility index (Phi) is 6.85. The second kappa shape index (κ2) is 9.87. The number of aromatic nitrogens is 2. The number of para-hydroxylation sites is 1. The van der Waals surface area contributed by atoms with Crippen molar-refractivity contribution in [2.75, 3.05) is 16.2 Å². The molecule has 0 saturated carbocycles. The molecule has 1 aromatic heterocycles. The minimum atomic E-state index is -4.06. The number of nitrogens with one attached hydrogen (secondary N) is 1. The van der Waals surface area contributed by atoms with E-state index in [1.54, 1.807) is 68.0 Å². The molecule has 0 saturated heterocycles. The summed E-state index contributed by atoms with van der Waals surface area (Å²) in [5.74, 6) is -0.625. The standard InChI is InChI=1S/C27H28N4O4S/c1-19-15-16-24(20(2)17-19)30(36(34,35)23-13-9-6-10-14-23)18-25(32)28-26-21(3)29(4)31(27(26)33)22-11-7-5-8-12-22/h5-17H,18H2,1-4H3,(H,28,32). The molecule has 0 fully saturated rings. The normalized spacial score (nSPS) is 11.3. The summed E-state index contributed by atoms with van der Waals surface area (Å²) >= 11 is 0. The zero-order chi connectivity index (χ0) is 26.0. The van der Waals surface area contributed by atoms with Gasteiger partial charge in [-0.05, 0) is 56.7 Å². The van der Waals surface area contributed by atoms with Gasteiger partial charge in [0.15, 0.2) is 0 Å². The van der Waals surface area contributed by atoms with Gasteiger partial charge >= 0.3 is 0 Å². The van der Waals surface area contributed by atoms with E-state index in [0.717, 1.165) is 9.87 Å². The molecule has 1 N–H and O–H groups in total. The van der Waals surface area contributed by atoms with Crippen molar-refractivity contribution < 1.29 is 13.2 Å². The van der Waals surface area contributed by atoms with E-state index in [-0.39, 0.29) is 10.6 Å². The van der Waals surface area contributed by atoms with Crippen molar-refractivity contribution in [2.45, 2.75) is 25.7 Å². The van der Waals surface area contributed by atoms with Crippen molar-refractivity contribution in [2.24, 2.45) is 7.05 Å². The molecule has 0 aliphatic rings. The fourth-order valence-electron chi connectivity index (χ4n) is 4.13. The highest BCUT2D eigenvalue weighted by Gasteiger charge is 2.29. The third-order valence-electron chi connectivity index (χ3n) is 6.06. The van der Waals surface area contributed by atoms with Crippen molar-refractivity contribution in [3.63, 3.8) is 0 Å². The Morgan fingerprint density at radius 3 is 2.14 bits per heavy atom. The molecule has 0 bridgehead atoms. The van der Waals surface area contributed by atoms with Gasteiger partial charge in [-0.2, -0.15) is 0 Å². The highest BCUT2D eigenvalue weighted by atomic mass is 32.2. The lowest BCUT2D eigenvalue weighted by atomic mass is 10.1. The first-order chi connectivity index (χ1) is 17.1. The highest BCUT2D eigenvalue weighted by molar-refractivity contribution is 7.92. The molecule has 0 radical (unpaired) electrons. The van der Waals surface area contributed by atoms with Crippen molar-refractivity contribution in [1.29, 1.82) is 0 Å². The summed E-state index contributed by atoms with van der Waals surface area (Å²) in [7, 11) is -2.34. The first kappa shape index (κ1) is 25.0. The predicted molar refractivity (Wildman–Crippen MR) is 141 cm³/mol. The molecule has 0 spiro atoms. The molecule has 0 aliphatic heterocycles. The average Bonchev–Trinajstić information content (AvgIpc) is 3.07. The van der Waals surface area contributed by atoms with Gasteiger partial charge in [-0.1, -0.05) is 54.1 Å². The number of amides is 1. The molecule has 8 nitrogen and oxygen atoms in total. The van der Waals surface area contributed by atoms with E-state index in [4.69, 9.17) is 0 Å². The average molecular weight is 505 g/mol. The van der Waals surface area contributed by atoms with E-state index in [1.807, 2.05) is 31.2 Å². The van der Waals surface area contributed by atoms with Gasteiger partial charge < -0.3 is 5.32 Å². The number of carbonyl (C=O) groups is 1. The predicted octanol–water partition coefficient (Wildman–Crippen LogP) is 3.94. The van der Waals surface area contributed by atoms with Crippen LogP contribution in [0.5, 0.6) is 0 Å². The van der Waals surface area contributed by atoms with Crippen LogP contribution in [-0.4, -0.2) is 30.2 Å². The van der Waals surface area contributed by atoms with Crippen molar-refractivity contribution in [1.82, 2.24) is 9.36 Å². The third kappa shape index (κ3) is 4.70. The Bertz CT molecular complexity index is 1570. The zero-order valence-corrected chi connectivity index (χ0v) is 21.4. The molecule has 186 valence electrons. The largest absolute Gasteiger partial charge is 0.318 e. The van der Waals surface area contributed by atoms with Crippen LogP contribution in [-0.2, 0) is 21.9 Å². The minimum Gasteiger partial charge on any atom is -0.318 e.